The van der Waals surface area contributed by atoms with Gasteiger partial charge in [0.25, 0.3) is 5.91 Å². The lowest BCUT2D eigenvalue weighted by molar-refractivity contribution is -0.0738. The Hall–Kier alpha value is -2.18. The first-order valence-electron chi connectivity index (χ1n) is 9.44. The first-order valence-corrected chi connectivity index (χ1v) is 10.4. The Bertz CT molecular complexity index is 784. The number of hydrogen-bond donors (Lipinski definition) is 1. The van der Waals surface area contributed by atoms with E-state index in [0.717, 1.165) is 24.8 Å². The molecule has 0 bridgehead atoms. The zero-order valence-corrected chi connectivity index (χ0v) is 17.2. The third kappa shape index (κ3) is 5.42. The van der Waals surface area contributed by atoms with Crippen LogP contribution in [0.1, 0.15) is 41.6 Å². The van der Waals surface area contributed by atoms with E-state index >= 15 is 0 Å². The Labute approximate surface area is 173 Å². The summed E-state index contributed by atoms with van der Waals surface area (Å²) < 4.78 is 11.7. The topological polar surface area (TPSA) is 64.6 Å². The van der Waals surface area contributed by atoms with E-state index in [4.69, 9.17) is 9.47 Å². The molecule has 1 aliphatic rings. The number of hydrogen-bond acceptors (Lipinski definition) is 4. The molecule has 2 aromatic rings. The van der Waals surface area contributed by atoms with Gasteiger partial charge in [0.2, 0.25) is 0 Å². The van der Waals surface area contributed by atoms with Crippen molar-refractivity contribution in [2.45, 2.75) is 42.7 Å². The Morgan fingerprint density at radius 1 is 1.04 bits per heavy atom. The smallest absolute Gasteiger partial charge is 0.414 e. The molecule has 3 rings (SSSR count). The van der Waals surface area contributed by atoms with Crippen LogP contribution in [0.3, 0.4) is 0 Å². The average Bonchev–Trinajstić information content (AvgIpc) is 2.71. The number of carbonyl (C=O) groups excluding carboxylic acids is 2. The number of nitrogens with one attached hydrogen (secondary N) is 1. The Morgan fingerprint density at radius 2 is 1.71 bits per heavy atom. The molecule has 2 amide bonds. The van der Waals surface area contributed by atoms with Crippen LogP contribution in [0.2, 0.25) is 0 Å². The maximum absolute atomic E-state index is 12.4. The number of benzene rings is 2. The van der Waals surface area contributed by atoms with Gasteiger partial charge in [-0.3, -0.25) is 10.1 Å². The molecule has 28 heavy (non-hydrogen) atoms. The van der Waals surface area contributed by atoms with E-state index in [9.17, 15) is 9.59 Å². The first kappa shape index (κ1) is 20.6. The Morgan fingerprint density at radius 3 is 2.39 bits per heavy atom. The molecule has 0 aromatic heterocycles. The minimum atomic E-state index is -0.798. The van der Waals surface area contributed by atoms with Gasteiger partial charge in [0.15, 0.2) is 0 Å². The van der Waals surface area contributed by atoms with Gasteiger partial charge in [-0.05, 0) is 37.0 Å². The van der Waals surface area contributed by atoms with Crippen molar-refractivity contribution in [3.63, 3.8) is 0 Å². The van der Waals surface area contributed by atoms with Crippen LogP contribution in [0.25, 0.3) is 0 Å². The fourth-order valence-electron chi connectivity index (χ4n) is 3.35. The minimum Gasteiger partial charge on any atom is -0.439 e. The molecule has 0 radical (unpaired) electrons. The monoisotopic (exact) mass is 445 g/mol. The molecule has 2 unspecified atom stereocenters. The predicted molar refractivity (Wildman–Crippen MR) is 110 cm³/mol. The second-order valence-electron chi connectivity index (χ2n) is 6.97. The molecule has 1 aliphatic carbocycles. The van der Waals surface area contributed by atoms with Gasteiger partial charge in [0.1, 0.15) is 5.60 Å². The zero-order chi connectivity index (χ0) is 19.8. The predicted octanol–water partition coefficient (Wildman–Crippen LogP) is 4.85. The normalized spacial score (nSPS) is 21.7. The molecule has 2 atom stereocenters. The number of rotatable bonds is 6. The van der Waals surface area contributed by atoms with E-state index in [1.807, 2.05) is 36.4 Å². The molecule has 0 saturated heterocycles. The van der Waals surface area contributed by atoms with Gasteiger partial charge in [-0.2, -0.15) is 0 Å². The van der Waals surface area contributed by atoms with E-state index in [1.54, 1.807) is 24.3 Å². The molecule has 0 spiro atoms. The number of ether oxygens (including phenoxy) is 2. The van der Waals surface area contributed by atoms with E-state index in [1.165, 1.54) is 0 Å². The van der Waals surface area contributed by atoms with Gasteiger partial charge in [-0.15, -0.1) is 0 Å². The fourth-order valence-corrected chi connectivity index (χ4v) is 4.13. The van der Waals surface area contributed by atoms with Crippen LogP contribution in [-0.4, -0.2) is 29.0 Å². The molecule has 1 saturated carbocycles. The summed E-state index contributed by atoms with van der Waals surface area (Å²) in [6, 6.07) is 18.5. The summed E-state index contributed by atoms with van der Waals surface area (Å²) >= 11 is 3.67. The lowest BCUT2D eigenvalue weighted by atomic mass is 9.85. The van der Waals surface area contributed by atoms with E-state index in [-0.39, 0.29) is 11.4 Å². The number of halogens is 1. The SMILES string of the molecule is O=C(NC(=O)c1ccccc1)OC1(COCc2ccccc2)CCCCC1Br. The van der Waals surface area contributed by atoms with Crippen molar-refractivity contribution < 1.29 is 19.1 Å². The van der Waals surface area contributed by atoms with E-state index < -0.39 is 17.6 Å². The summed E-state index contributed by atoms with van der Waals surface area (Å²) in [6.45, 7) is 0.709. The van der Waals surface area contributed by atoms with Gasteiger partial charge in [-0.1, -0.05) is 70.9 Å². The summed E-state index contributed by atoms with van der Waals surface area (Å²) in [5.74, 6) is -0.479. The molecular weight excluding hydrogens is 422 g/mol. The van der Waals surface area contributed by atoms with Crippen molar-refractivity contribution in [2.75, 3.05) is 6.61 Å². The summed E-state index contributed by atoms with van der Waals surface area (Å²) in [5.41, 5.74) is 0.671. The highest BCUT2D eigenvalue weighted by Gasteiger charge is 2.44. The molecule has 6 heteroatoms. The van der Waals surface area contributed by atoms with E-state index in [0.29, 0.717) is 18.6 Å². The summed E-state index contributed by atoms with van der Waals surface area (Å²) in [4.78, 5) is 24.6. The fraction of sp³-hybridized carbons (Fsp3) is 0.364. The molecule has 0 heterocycles. The van der Waals surface area contributed by atoms with Gasteiger partial charge >= 0.3 is 6.09 Å². The first-order chi connectivity index (χ1) is 13.6. The summed E-state index contributed by atoms with van der Waals surface area (Å²) in [5, 5.41) is 2.32. The van der Waals surface area contributed by atoms with Crippen molar-refractivity contribution in [1.82, 2.24) is 5.32 Å². The quantitative estimate of drug-likeness (QED) is 0.645. The van der Waals surface area contributed by atoms with Crippen molar-refractivity contribution in [2.24, 2.45) is 0 Å². The standard InChI is InChI=1S/C22H24BrNO4/c23-19-13-7-8-14-22(19,16-27-15-17-9-3-1-4-10-17)28-21(26)24-20(25)18-11-5-2-6-12-18/h1-6,9-12,19H,7-8,13-16H2,(H,24,25,26). The minimum absolute atomic E-state index is 0.0258. The van der Waals surface area contributed by atoms with Crippen molar-refractivity contribution in [1.29, 1.82) is 0 Å². The van der Waals surface area contributed by atoms with Crippen molar-refractivity contribution in [3.05, 3.63) is 71.8 Å². The largest absolute Gasteiger partial charge is 0.439 e. The van der Waals surface area contributed by atoms with Crippen LogP contribution in [0.15, 0.2) is 60.7 Å². The average molecular weight is 446 g/mol. The van der Waals surface area contributed by atoms with Crippen LogP contribution < -0.4 is 5.32 Å². The lowest BCUT2D eigenvalue weighted by Gasteiger charge is -2.40. The molecule has 1 fully saturated rings. The molecule has 148 valence electrons. The number of amides is 2. The third-order valence-electron chi connectivity index (χ3n) is 4.88. The molecule has 2 aromatic carbocycles. The molecule has 5 nitrogen and oxygen atoms in total. The number of carbonyl (C=O) groups is 2. The van der Waals surface area contributed by atoms with Crippen LogP contribution in [0, 0.1) is 0 Å². The highest BCUT2D eigenvalue weighted by molar-refractivity contribution is 9.09. The number of imide groups is 1. The van der Waals surface area contributed by atoms with Crippen LogP contribution >= 0.6 is 15.9 Å². The molecular formula is C22H24BrNO4. The van der Waals surface area contributed by atoms with Crippen molar-refractivity contribution >= 4 is 27.9 Å². The summed E-state index contributed by atoms with van der Waals surface area (Å²) in [7, 11) is 0. The van der Waals surface area contributed by atoms with Gasteiger partial charge in [0, 0.05) is 5.56 Å². The van der Waals surface area contributed by atoms with Crippen LogP contribution in [0.5, 0.6) is 0 Å². The second-order valence-corrected chi connectivity index (χ2v) is 8.07. The second kappa shape index (κ2) is 9.85. The molecule has 0 aliphatic heterocycles. The van der Waals surface area contributed by atoms with Crippen LogP contribution in [-0.2, 0) is 16.1 Å². The highest BCUT2D eigenvalue weighted by atomic mass is 79.9. The van der Waals surface area contributed by atoms with Gasteiger partial charge in [-0.25, -0.2) is 4.79 Å². The maximum atomic E-state index is 12.4. The lowest BCUT2D eigenvalue weighted by Crippen LogP contribution is -2.51. The van der Waals surface area contributed by atoms with Crippen LogP contribution in [0.4, 0.5) is 4.79 Å². The van der Waals surface area contributed by atoms with Crippen molar-refractivity contribution in [3.8, 4) is 0 Å². The maximum Gasteiger partial charge on any atom is 0.414 e. The Kier molecular flexibility index (Phi) is 7.23. The third-order valence-corrected chi connectivity index (χ3v) is 6.18. The van der Waals surface area contributed by atoms with Gasteiger partial charge in [0.05, 0.1) is 18.0 Å². The number of alkyl halides is 1. The van der Waals surface area contributed by atoms with Gasteiger partial charge < -0.3 is 9.47 Å². The Balaban J connectivity index is 1.62. The summed E-state index contributed by atoms with van der Waals surface area (Å²) in [6.07, 6.45) is 2.82. The highest BCUT2D eigenvalue weighted by Crippen LogP contribution is 2.37. The number of alkyl carbamates (subject to hydrolysis) is 1. The zero-order valence-electron chi connectivity index (χ0n) is 15.6. The van der Waals surface area contributed by atoms with E-state index in [2.05, 4.69) is 21.2 Å². The molecule has 1 N–H and O–H groups in total.